The first-order valence-electron chi connectivity index (χ1n) is 9.41. The Morgan fingerprint density at radius 1 is 1.20 bits per heavy atom. The highest BCUT2D eigenvalue weighted by Gasteiger charge is 2.37. The number of urea groups is 1. The highest BCUT2D eigenvalue weighted by Crippen LogP contribution is 2.43. The van der Waals surface area contributed by atoms with Crippen molar-refractivity contribution >= 4 is 11.9 Å². The molecule has 1 saturated heterocycles. The van der Waals surface area contributed by atoms with Gasteiger partial charge in [0.25, 0.3) is 0 Å². The summed E-state index contributed by atoms with van der Waals surface area (Å²) in [5, 5.41) is 3.16. The average molecular weight is 343 g/mol. The van der Waals surface area contributed by atoms with E-state index in [1.54, 1.807) is 0 Å². The molecule has 3 rings (SSSR count). The third-order valence-electron chi connectivity index (χ3n) is 5.75. The van der Waals surface area contributed by atoms with E-state index in [0.717, 1.165) is 32.4 Å². The van der Waals surface area contributed by atoms with Crippen molar-refractivity contribution in [1.29, 1.82) is 0 Å². The highest BCUT2D eigenvalue weighted by atomic mass is 16.2. The summed E-state index contributed by atoms with van der Waals surface area (Å²) in [6.07, 6.45) is 6.91. The zero-order valence-corrected chi connectivity index (χ0v) is 14.9. The summed E-state index contributed by atoms with van der Waals surface area (Å²) in [6, 6.07) is 10.5. The van der Waals surface area contributed by atoms with E-state index in [2.05, 4.69) is 29.6 Å². The van der Waals surface area contributed by atoms with Crippen molar-refractivity contribution in [1.82, 2.24) is 10.2 Å². The maximum absolute atomic E-state index is 12.6. The number of hydrogen-bond donors (Lipinski definition) is 2. The number of piperidine rings is 1. The van der Waals surface area contributed by atoms with Gasteiger partial charge in [-0.05, 0) is 49.0 Å². The van der Waals surface area contributed by atoms with Crippen LogP contribution in [0.1, 0.15) is 44.1 Å². The maximum Gasteiger partial charge on any atom is 0.317 e. The first kappa shape index (κ1) is 17.8. The van der Waals surface area contributed by atoms with Crippen molar-refractivity contribution in [2.24, 2.45) is 17.1 Å². The molecule has 1 aromatic rings. The van der Waals surface area contributed by atoms with E-state index in [4.69, 9.17) is 5.73 Å². The van der Waals surface area contributed by atoms with Crippen LogP contribution >= 0.6 is 0 Å². The van der Waals surface area contributed by atoms with E-state index in [1.807, 2.05) is 11.0 Å². The molecule has 5 heteroatoms. The molecule has 0 unspecified atom stereocenters. The van der Waals surface area contributed by atoms with E-state index in [-0.39, 0.29) is 23.3 Å². The number of nitrogens with zero attached hydrogens (tertiary/aromatic N) is 1. The molecule has 5 nitrogen and oxygen atoms in total. The first-order valence-corrected chi connectivity index (χ1v) is 9.41. The van der Waals surface area contributed by atoms with Gasteiger partial charge < -0.3 is 16.0 Å². The summed E-state index contributed by atoms with van der Waals surface area (Å²) >= 11 is 0. The number of primary amides is 1. The van der Waals surface area contributed by atoms with E-state index in [9.17, 15) is 9.59 Å². The second kappa shape index (κ2) is 7.89. The van der Waals surface area contributed by atoms with Gasteiger partial charge in [-0.25, -0.2) is 4.79 Å². The fourth-order valence-corrected chi connectivity index (χ4v) is 4.20. The van der Waals surface area contributed by atoms with Gasteiger partial charge in [-0.2, -0.15) is 0 Å². The fourth-order valence-electron chi connectivity index (χ4n) is 4.20. The van der Waals surface area contributed by atoms with Crippen LogP contribution in [0.25, 0.3) is 0 Å². The lowest BCUT2D eigenvalue weighted by molar-refractivity contribution is -0.119. The number of nitrogens with one attached hydrogen (secondary N) is 1. The molecule has 136 valence electrons. The Morgan fingerprint density at radius 3 is 2.60 bits per heavy atom. The molecule has 0 spiro atoms. The number of benzene rings is 1. The standard InChI is InChI=1S/C20H29N3O2/c21-18(24)12-17-8-4-11-23(14-17)19(25)22-15-20(9-5-10-20)13-16-6-2-1-3-7-16/h1-3,6-7,17H,4-5,8-15H2,(H2,21,24)(H,22,25)/t17-/m0/s1. The van der Waals surface area contributed by atoms with Crippen LogP contribution in [0.15, 0.2) is 30.3 Å². The molecule has 0 aromatic heterocycles. The summed E-state index contributed by atoms with van der Waals surface area (Å²) in [7, 11) is 0. The molecule has 1 heterocycles. The molecule has 2 aliphatic rings. The Bertz CT molecular complexity index is 598. The van der Waals surface area contributed by atoms with Gasteiger partial charge in [0.15, 0.2) is 0 Å². The van der Waals surface area contributed by atoms with Gasteiger partial charge >= 0.3 is 6.03 Å². The molecule has 0 radical (unpaired) electrons. The van der Waals surface area contributed by atoms with Crippen molar-refractivity contribution in [3.63, 3.8) is 0 Å². The minimum atomic E-state index is -0.274. The van der Waals surface area contributed by atoms with Crippen LogP contribution in [-0.4, -0.2) is 36.5 Å². The van der Waals surface area contributed by atoms with Crippen molar-refractivity contribution in [2.75, 3.05) is 19.6 Å². The van der Waals surface area contributed by atoms with Crippen LogP contribution in [0, 0.1) is 11.3 Å². The van der Waals surface area contributed by atoms with Gasteiger partial charge in [0, 0.05) is 26.1 Å². The van der Waals surface area contributed by atoms with Crippen molar-refractivity contribution in [3.8, 4) is 0 Å². The lowest BCUT2D eigenvalue weighted by Gasteiger charge is -2.43. The molecule has 1 aliphatic carbocycles. The molecule has 1 aromatic carbocycles. The van der Waals surface area contributed by atoms with Crippen molar-refractivity contribution in [2.45, 2.75) is 44.9 Å². The lowest BCUT2D eigenvalue weighted by atomic mass is 9.65. The van der Waals surface area contributed by atoms with E-state index >= 15 is 0 Å². The molecule has 3 amide bonds. The minimum Gasteiger partial charge on any atom is -0.370 e. The Hall–Kier alpha value is -2.04. The van der Waals surface area contributed by atoms with Gasteiger partial charge in [0.1, 0.15) is 0 Å². The highest BCUT2D eigenvalue weighted by molar-refractivity contribution is 5.75. The lowest BCUT2D eigenvalue weighted by Crippen LogP contribution is -2.50. The van der Waals surface area contributed by atoms with Gasteiger partial charge in [0.2, 0.25) is 5.91 Å². The number of likely N-dealkylation sites (tertiary alicyclic amines) is 1. The second-order valence-corrected chi connectivity index (χ2v) is 7.80. The number of hydrogen-bond acceptors (Lipinski definition) is 2. The van der Waals surface area contributed by atoms with Gasteiger partial charge in [-0.3, -0.25) is 4.79 Å². The molecule has 2 fully saturated rings. The van der Waals surface area contributed by atoms with E-state index in [0.29, 0.717) is 13.0 Å². The fraction of sp³-hybridized carbons (Fsp3) is 0.600. The Morgan fingerprint density at radius 2 is 1.96 bits per heavy atom. The number of amides is 3. The molecule has 25 heavy (non-hydrogen) atoms. The van der Waals surface area contributed by atoms with Crippen LogP contribution in [0.5, 0.6) is 0 Å². The van der Waals surface area contributed by atoms with E-state index in [1.165, 1.54) is 24.8 Å². The number of carbonyl (C=O) groups excluding carboxylic acids is 2. The van der Waals surface area contributed by atoms with Gasteiger partial charge in [-0.15, -0.1) is 0 Å². The predicted octanol–water partition coefficient (Wildman–Crippen LogP) is 2.70. The summed E-state index contributed by atoms with van der Waals surface area (Å²) in [5.41, 5.74) is 6.85. The number of nitrogens with two attached hydrogens (primary N) is 1. The zero-order valence-electron chi connectivity index (χ0n) is 14.9. The molecular weight excluding hydrogens is 314 g/mol. The quantitative estimate of drug-likeness (QED) is 0.833. The zero-order chi connectivity index (χ0) is 17.7. The van der Waals surface area contributed by atoms with Crippen molar-refractivity contribution in [3.05, 3.63) is 35.9 Å². The first-order chi connectivity index (χ1) is 12.1. The topological polar surface area (TPSA) is 75.4 Å². The van der Waals surface area contributed by atoms with Crippen LogP contribution in [0.2, 0.25) is 0 Å². The molecular formula is C20H29N3O2. The molecule has 1 saturated carbocycles. The maximum atomic E-state index is 12.6. The molecule has 1 aliphatic heterocycles. The predicted molar refractivity (Wildman–Crippen MR) is 97.9 cm³/mol. The van der Waals surface area contributed by atoms with Crippen molar-refractivity contribution < 1.29 is 9.59 Å². The van der Waals surface area contributed by atoms with Gasteiger partial charge in [0.05, 0.1) is 0 Å². The Kier molecular flexibility index (Phi) is 5.61. The normalized spacial score (nSPS) is 22.1. The summed E-state index contributed by atoms with van der Waals surface area (Å²) in [5.74, 6) is -0.0671. The van der Waals surface area contributed by atoms with Crippen LogP contribution in [0.4, 0.5) is 4.79 Å². The number of rotatable bonds is 6. The molecule has 3 N–H and O–H groups in total. The third-order valence-corrected chi connectivity index (χ3v) is 5.75. The largest absolute Gasteiger partial charge is 0.370 e. The summed E-state index contributed by atoms with van der Waals surface area (Å²) < 4.78 is 0. The summed E-state index contributed by atoms with van der Waals surface area (Å²) in [6.45, 7) is 2.14. The Balaban J connectivity index is 1.51. The molecule has 1 atom stereocenters. The minimum absolute atomic E-state index is 0.00788. The van der Waals surface area contributed by atoms with Crippen LogP contribution < -0.4 is 11.1 Å². The second-order valence-electron chi connectivity index (χ2n) is 7.80. The smallest absolute Gasteiger partial charge is 0.317 e. The van der Waals surface area contributed by atoms with E-state index < -0.39 is 0 Å². The van der Waals surface area contributed by atoms with Crippen LogP contribution in [-0.2, 0) is 11.2 Å². The molecule has 0 bridgehead atoms. The van der Waals surface area contributed by atoms with Crippen LogP contribution in [0.3, 0.4) is 0 Å². The summed E-state index contributed by atoms with van der Waals surface area (Å²) in [4.78, 5) is 25.5. The Labute approximate surface area is 150 Å². The average Bonchev–Trinajstić information content (AvgIpc) is 2.57. The van der Waals surface area contributed by atoms with Gasteiger partial charge in [-0.1, -0.05) is 36.8 Å². The number of carbonyl (C=O) groups is 2. The SMILES string of the molecule is NC(=O)C[C@@H]1CCCN(C(=O)NCC2(Cc3ccccc3)CCC2)C1. The third kappa shape index (κ3) is 4.74. The monoisotopic (exact) mass is 343 g/mol.